The van der Waals surface area contributed by atoms with E-state index in [9.17, 15) is 34.1 Å². The first kappa shape index (κ1) is 59.1. The van der Waals surface area contributed by atoms with E-state index in [4.69, 9.17) is 18.5 Å². The molecule has 0 spiro atoms. The molecule has 0 aromatic carbocycles. The minimum Gasteiger partial charge on any atom is -0.756 e. The molecule has 0 heterocycles. The Bertz CT molecular complexity index is 1290. The zero-order valence-electron chi connectivity index (χ0n) is 40.5. The van der Waals surface area contributed by atoms with Gasteiger partial charge in [0.2, 0.25) is 0 Å². The highest BCUT2D eigenvalue weighted by molar-refractivity contribution is 7.45. The molecule has 2 N–H and O–H groups in total. The van der Waals surface area contributed by atoms with Crippen LogP contribution in [0.4, 0.5) is 0 Å². The van der Waals surface area contributed by atoms with E-state index in [2.05, 4.69) is 13.8 Å². The molecule has 1 saturated carbocycles. The summed E-state index contributed by atoms with van der Waals surface area (Å²) in [6.07, 6.45) is 34.2. The molecule has 368 valence electrons. The average molecular weight is 914 g/mol. The molecule has 0 aromatic rings. The molecule has 0 aromatic heterocycles. The van der Waals surface area contributed by atoms with E-state index < -0.39 is 44.7 Å². The standard InChI is InChI=1S/C50H92NO11P/c1-6-8-10-11-12-13-14-15-16-17-18-19-20-21-22-23-24-25-31-35-50(56)62-44(42-61-63(57,58)60-39-38-51(3,4)5)41-59-49(55)34-30-27-26-29-33-45-46(48(54)40-47(45)53)37-36-43(52)32-28-9-7-2/h26,29,36-37,43-46,48,52,54H,6-25,27-28,30-35,38-42H2,1-5H3/b29-26-,37-36+/t43-,44+,45+,46+,48+/m0/s1. The van der Waals surface area contributed by atoms with E-state index in [1.807, 2.05) is 33.3 Å². The first-order valence-corrected chi connectivity index (χ1v) is 26.6. The van der Waals surface area contributed by atoms with E-state index in [1.165, 1.54) is 96.3 Å². The molecule has 0 amide bonds. The number of ketones is 1. The lowest BCUT2D eigenvalue weighted by Crippen LogP contribution is -2.37. The van der Waals surface area contributed by atoms with Crippen LogP contribution in [0.3, 0.4) is 0 Å². The molecule has 0 radical (unpaired) electrons. The van der Waals surface area contributed by atoms with Crippen molar-refractivity contribution in [2.24, 2.45) is 11.8 Å². The van der Waals surface area contributed by atoms with Crippen molar-refractivity contribution in [1.82, 2.24) is 0 Å². The largest absolute Gasteiger partial charge is 0.756 e. The van der Waals surface area contributed by atoms with Crippen LogP contribution in [0.2, 0.25) is 0 Å². The van der Waals surface area contributed by atoms with Crippen molar-refractivity contribution in [3.8, 4) is 0 Å². The molecule has 6 atom stereocenters. The number of Topliss-reactive ketones (excluding diaryl/α,β-unsaturated/α-hetero) is 1. The molecular formula is C50H92NO11P. The van der Waals surface area contributed by atoms with Gasteiger partial charge >= 0.3 is 11.9 Å². The number of ether oxygens (including phenoxy) is 2. The van der Waals surface area contributed by atoms with Crippen molar-refractivity contribution in [3.63, 3.8) is 0 Å². The highest BCUT2D eigenvalue weighted by Crippen LogP contribution is 2.38. The van der Waals surface area contributed by atoms with Crippen LogP contribution < -0.4 is 4.89 Å². The molecule has 0 saturated heterocycles. The van der Waals surface area contributed by atoms with Crippen LogP contribution in [-0.4, -0.2) is 98.2 Å². The Kier molecular flexibility index (Phi) is 34.9. The van der Waals surface area contributed by atoms with Crippen molar-refractivity contribution in [1.29, 1.82) is 0 Å². The molecule has 12 nitrogen and oxygen atoms in total. The summed E-state index contributed by atoms with van der Waals surface area (Å²) in [6.45, 7) is 3.85. The normalized spacial score (nSPS) is 18.9. The van der Waals surface area contributed by atoms with Crippen molar-refractivity contribution in [3.05, 3.63) is 24.3 Å². The van der Waals surface area contributed by atoms with E-state index in [1.54, 1.807) is 12.2 Å². The number of hydrogen-bond donors (Lipinski definition) is 2. The molecule has 0 bridgehead atoms. The van der Waals surface area contributed by atoms with E-state index in [0.717, 1.165) is 38.5 Å². The summed E-state index contributed by atoms with van der Waals surface area (Å²) >= 11 is 0. The third-order valence-electron chi connectivity index (χ3n) is 11.8. The Morgan fingerprint density at radius 3 is 1.83 bits per heavy atom. The monoisotopic (exact) mass is 914 g/mol. The predicted molar refractivity (Wildman–Crippen MR) is 251 cm³/mol. The number of nitrogens with zero attached hydrogens (tertiary/aromatic N) is 1. The van der Waals surface area contributed by atoms with Crippen LogP contribution in [0, 0.1) is 11.8 Å². The summed E-state index contributed by atoms with van der Waals surface area (Å²) in [5.74, 6) is -1.73. The van der Waals surface area contributed by atoms with E-state index >= 15 is 0 Å². The number of hydrogen-bond acceptors (Lipinski definition) is 11. The minimum absolute atomic E-state index is 0.000262. The Morgan fingerprint density at radius 1 is 0.746 bits per heavy atom. The maximum Gasteiger partial charge on any atom is 0.306 e. The second-order valence-corrected chi connectivity index (χ2v) is 20.4. The van der Waals surface area contributed by atoms with Gasteiger partial charge in [-0.25, -0.2) is 0 Å². The topological polar surface area (TPSA) is 169 Å². The molecular weight excluding hydrogens is 822 g/mol. The second-order valence-electron chi connectivity index (χ2n) is 19.0. The Morgan fingerprint density at radius 2 is 1.27 bits per heavy atom. The van der Waals surface area contributed by atoms with Gasteiger partial charge in [-0.1, -0.05) is 173 Å². The molecule has 1 rings (SSSR count). The number of allylic oxidation sites excluding steroid dienone is 2. The summed E-state index contributed by atoms with van der Waals surface area (Å²) in [4.78, 5) is 50.4. The summed E-state index contributed by atoms with van der Waals surface area (Å²) in [5.41, 5.74) is 0. The number of aliphatic hydroxyl groups excluding tert-OH is 2. The van der Waals surface area contributed by atoms with Crippen LogP contribution >= 0.6 is 7.82 Å². The number of esters is 2. The number of carbonyl (C=O) groups excluding carboxylic acids is 3. The number of likely N-dealkylation sites (N-methyl/N-ethyl adjacent to an activating group) is 1. The molecule has 1 fully saturated rings. The highest BCUT2D eigenvalue weighted by atomic mass is 31.2. The zero-order chi connectivity index (χ0) is 46.6. The number of phosphoric ester groups is 1. The maximum atomic E-state index is 12.8. The fraction of sp³-hybridized carbons (Fsp3) is 0.860. The Hall–Kier alpha value is -1.92. The third kappa shape index (κ3) is 34.1. The lowest BCUT2D eigenvalue weighted by molar-refractivity contribution is -0.870. The van der Waals surface area contributed by atoms with E-state index in [0.29, 0.717) is 43.1 Å². The maximum absolute atomic E-state index is 12.8. The van der Waals surface area contributed by atoms with Gasteiger partial charge in [-0.3, -0.25) is 18.9 Å². The van der Waals surface area contributed by atoms with Crippen LogP contribution in [0.1, 0.15) is 200 Å². The third-order valence-corrected chi connectivity index (χ3v) is 12.8. The fourth-order valence-corrected chi connectivity index (χ4v) is 8.54. The van der Waals surface area contributed by atoms with Gasteiger partial charge in [0.25, 0.3) is 7.82 Å². The predicted octanol–water partition coefficient (Wildman–Crippen LogP) is 10.7. The highest BCUT2D eigenvalue weighted by Gasteiger charge is 2.39. The summed E-state index contributed by atoms with van der Waals surface area (Å²) in [6, 6.07) is 0. The van der Waals surface area contributed by atoms with Gasteiger partial charge in [-0.15, -0.1) is 0 Å². The van der Waals surface area contributed by atoms with Gasteiger partial charge in [0.15, 0.2) is 6.10 Å². The molecule has 13 heteroatoms. The lowest BCUT2D eigenvalue weighted by Gasteiger charge is -2.28. The van der Waals surface area contributed by atoms with Gasteiger partial charge < -0.3 is 38.1 Å². The van der Waals surface area contributed by atoms with Crippen molar-refractivity contribution >= 4 is 25.5 Å². The molecule has 1 unspecified atom stereocenters. The number of unbranched alkanes of at least 4 members (excludes halogenated alkanes) is 21. The second kappa shape index (κ2) is 37.2. The van der Waals surface area contributed by atoms with Gasteiger partial charge in [0.05, 0.1) is 40.0 Å². The summed E-state index contributed by atoms with van der Waals surface area (Å²) < 4.78 is 33.9. The summed E-state index contributed by atoms with van der Waals surface area (Å²) in [7, 11) is 1.03. The number of rotatable bonds is 42. The van der Waals surface area contributed by atoms with Crippen LogP contribution in [0.5, 0.6) is 0 Å². The number of quaternary nitrogens is 1. The first-order chi connectivity index (χ1) is 30.2. The molecule has 63 heavy (non-hydrogen) atoms. The zero-order valence-corrected chi connectivity index (χ0v) is 41.4. The molecule has 0 aliphatic heterocycles. The quantitative estimate of drug-likeness (QED) is 0.0197. The first-order valence-electron chi connectivity index (χ1n) is 25.1. The fourth-order valence-electron chi connectivity index (χ4n) is 7.81. The molecule has 1 aliphatic rings. The average Bonchev–Trinajstić information content (AvgIpc) is 3.50. The Balaban J connectivity index is 2.41. The van der Waals surface area contributed by atoms with Crippen LogP contribution in [0.25, 0.3) is 0 Å². The number of aliphatic hydroxyl groups is 2. The SMILES string of the molecule is CCCCCCCCCCCCCCCCCCCCCC(=O)O[C@H](COC(=O)CCC/C=C\C[C@H]1C(=O)C[C@@H](O)[C@@H]1/C=C/[C@@H](O)CCCCC)COP(=O)([O-])OCC[N+](C)(C)C. The van der Waals surface area contributed by atoms with E-state index in [-0.39, 0.29) is 50.1 Å². The summed E-state index contributed by atoms with van der Waals surface area (Å²) in [5, 5.41) is 20.7. The Labute approximate surface area is 383 Å². The van der Waals surface area contributed by atoms with Gasteiger partial charge in [-0.2, -0.15) is 0 Å². The van der Waals surface area contributed by atoms with Gasteiger partial charge in [0, 0.05) is 31.1 Å². The van der Waals surface area contributed by atoms with Crippen molar-refractivity contribution in [2.75, 3.05) is 47.5 Å². The molecule has 1 aliphatic carbocycles. The van der Waals surface area contributed by atoms with Gasteiger partial charge in [0.1, 0.15) is 25.5 Å². The number of carbonyl (C=O) groups is 3. The lowest BCUT2D eigenvalue weighted by atomic mass is 9.90. The van der Waals surface area contributed by atoms with Crippen LogP contribution in [-0.2, 0) is 37.5 Å². The smallest absolute Gasteiger partial charge is 0.306 e. The van der Waals surface area contributed by atoms with Crippen LogP contribution in [0.15, 0.2) is 24.3 Å². The van der Waals surface area contributed by atoms with Crippen molar-refractivity contribution in [2.45, 2.75) is 218 Å². The minimum atomic E-state index is -4.69. The number of phosphoric acid groups is 1. The van der Waals surface area contributed by atoms with Gasteiger partial charge in [-0.05, 0) is 32.1 Å². The van der Waals surface area contributed by atoms with Crippen molar-refractivity contribution < 1.29 is 57.1 Å².